The Bertz CT molecular complexity index is 912. The molecule has 2 aromatic carbocycles. The van der Waals surface area contributed by atoms with E-state index in [4.69, 9.17) is 4.74 Å². The van der Waals surface area contributed by atoms with Crippen molar-refractivity contribution in [3.8, 4) is 5.75 Å². The number of aryl methyl sites for hydroxylation is 1. The van der Waals surface area contributed by atoms with Gasteiger partial charge in [0, 0.05) is 19.8 Å². The van der Waals surface area contributed by atoms with Gasteiger partial charge in [0.25, 0.3) is 0 Å². The van der Waals surface area contributed by atoms with Crippen LogP contribution < -0.4 is 10.1 Å². The number of thioether (sulfide) groups is 1. The van der Waals surface area contributed by atoms with Crippen molar-refractivity contribution in [3.63, 3.8) is 0 Å². The molecule has 0 heterocycles. The Balaban J connectivity index is 2.06. The average molecular weight is 409 g/mol. The Hall–Kier alpha value is -2.03. The number of ether oxygens (including phenoxy) is 1. The van der Waals surface area contributed by atoms with E-state index >= 15 is 0 Å². The molecular formula is C19H24N2O4S2. The first-order chi connectivity index (χ1) is 12.8. The second-order valence-electron chi connectivity index (χ2n) is 6.12. The molecular weight excluding hydrogens is 384 g/mol. The second-order valence-corrected chi connectivity index (χ2v) is 9.25. The number of nitrogens with one attached hydrogen (secondary N) is 1. The van der Waals surface area contributed by atoms with Crippen molar-refractivity contribution < 1.29 is 17.9 Å². The summed E-state index contributed by atoms with van der Waals surface area (Å²) in [6.45, 7) is 2.04. The number of benzene rings is 2. The number of hydrogen-bond acceptors (Lipinski definition) is 5. The van der Waals surface area contributed by atoms with E-state index in [9.17, 15) is 13.2 Å². The van der Waals surface area contributed by atoms with Crippen LogP contribution in [0.5, 0.6) is 5.75 Å². The summed E-state index contributed by atoms with van der Waals surface area (Å²) in [5.74, 6) is 1.17. The van der Waals surface area contributed by atoms with Crippen LogP contribution >= 0.6 is 11.8 Å². The van der Waals surface area contributed by atoms with Crippen LogP contribution in [0.1, 0.15) is 11.1 Å². The topological polar surface area (TPSA) is 75.7 Å². The number of carbonyl (C=O) groups is 1. The summed E-state index contributed by atoms with van der Waals surface area (Å²) in [5.41, 5.74) is 2.71. The number of rotatable bonds is 8. The van der Waals surface area contributed by atoms with Gasteiger partial charge in [-0.1, -0.05) is 24.3 Å². The standard InChI is InChI=1S/C19H24N2O4S2/c1-14-7-5-6-8-15(14)12-26-13-19(22)20-17-11-16(9-10-18(17)25-4)27(23,24)21(2)3/h5-11H,12-13H2,1-4H3,(H,20,22). The van der Waals surface area contributed by atoms with Gasteiger partial charge in [-0.3, -0.25) is 4.79 Å². The van der Waals surface area contributed by atoms with Gasteiger partial charge in [0.05, 0.1) is 23.4 Å². The largest absolute Gasteiger partial charge is 0.495 e. The molecule has 0 bridgehead atoms. The van der Waals surface area contributed by atoms with Crippen molar-refractivity contribution in [2.75, 3.05) is 32.3 Å². The minimum atomic E-state index is -3.60. The molecule has 0 aromatic heterocycles. The highest BCUT2D eigenvalue weighted by Crippen LogP contribution is 2.28. The summed E-state index contributed by atoms with van der Waals surface area (Å²) in [4.78, 5) is 12.4. The van der Waals surface area contributed by atoms with Gasteiger partial charge in [0.15, 0.2) is 0 Å². The molecule has 8 heteroatoms. The second kappa shape index (κ2) is 9.25. The fourth-order valence-electron chi connectivity index (χ4n) is 2.37. The zero-order chi connectivity index (χ0) is 20.0. The van der Waals surface area contributed by atoms with E-state index in [1.165, 1.54) is 62.3 Å². The quantitative estimate of drug-likeness (QED) is 0.726. The van der Waals surface area contributed by atoms with Crippen LogP contribution in [0.3, 0.4) is 0 Å². The van der Waals surface area contributed by atoms with E-state index in [0.717, 1.165) is 10.1 Å². The van der Waals surface area contributed by atoms with E-state index in [0.29, 0.717) is 11.4 Å². The highest BCUT2D eigenvalue weighted by atomic mass is 32.2. The lowest BCUT2D eigenvalue weighted by Gasteiger charge is -2.15. The van der Waals surface area contributed by atoms with Gasteiger partial charge in [0.2, 0.25) is 15.9 Å². The van der Waals surface area contributed by atoms with Crippen LogP contribution in [-0.2, 0) is 20.6 Å². The minimum absolute atomic E-state index is 0.0937. The van der Waals surface area contributed by atoms with Gasteiger partial charge in [-0.25, -0.2) is 12.7 Å². The van der Waals surface area contributed by atoms with Crippen LogP contribution in [0.25, 0.3) is 0 Å². The highest BCUT2D eigenvalue weighted by molar-refractivity contribution is 7.99. The first-order valence-electron chi connectivity index (χ1n) is 8.28. The Kier molecular flexibility index (Phi) is 7.29. The predicted octanol–water partition coefficient (Wildman–Crippen LogP) is 3.13. The van der Waals surface area contributed by atoms with Gasteiger partial charge in [-0.2, -0.15) is 0 Å². The van der Waals surface area contributed by atoms with Crippen LogP contribution in [0.2, 0.25) is 0 Å². The lowest BCUT2D eigenvalue weighted by molar-refractivity contribution is -0.113. The van der Waals surface area contributed by atoms with Crippen molar-refractivity contribution >= 4 is 33.4 Å². The monoisotopic (exact) mass is 408 g/mol. The normalized spacial score (nSPS) is 11.4. The zero-order valence-corrected chi connectivity index (χ0v) is 17.5. The van der Waals surface area contributed by atoms with Crippen LogP contribution in [0.15, 0.2) is 47.4 Å². The molecule has 0 spiro atoms. The van der Waals surface area contributed by atoms with E-state index in [1.807, 2.05) is 31.2 Å². The number of hydrogen-bond donors (Lipinski definition) is 1. The third-order valence-electron chi connectivity index (χ3n) is 3.98. The number of nitrogens with zero attached hydrogens (tertiary/aromatic N) is 1. The molecule has 1 N–H and O–H groups in total. The molecule has 0 saturated carbocycles. The highest BCUT2D eigenvalue weighted by Gasteiger charge is 2.19. The van der Waals surface area contributed by atoms with E-state index < -0.39 is 10.0 Å². The summed E-state index contributed by atoms with van der Waals surface area (Å²) in [6.07, 6.45) is 0. The Labute approximate surface area is 165 Å². The van der Waals surface area contributed by atoms with Gasteiger partial charge in [-0.15, -0.1) is 11.8 Å². The van der Waals surface area contributed by atoms with E-state index in [2.05, 4.69) is 5.32 Å². The SMILES string of the molecule is COc1ccc(S(=O)(=O)N(C)C)cc1NC(=O)CSCc1ccccc1C. The minimum Gasteiger partial charge on any atom is -0.495 e. The zero-order valence-electron chi connectivity index (χ0n) is 15.9. The molecule has 0 aliphatic heterocycles. The molecule has 0 radical (unpaired) electrons. The molecule has 6 nitrogen and oxygen atoms in total. The Morgan fingerprint density at radius 3 is 2.52 bits per heavy atom. The number of sulfonamides is 1. The molecule has 27 heavy (non-hydrogen) atoms. The maximum Gasteiger partial charge on any atom is 0.242 e. The maximum atomic E-state index is 12.3. The maximum absolute atomic E-state index is 12.3. The molecule has 2 rings (SSSR count). The van der Waals surface area contributed by atoms with Gasteiger partial charge in [-0.05, 0) is 36.2 Å². The summed E-state index contributed by atoms with van der Waals surface area (Å²) in [6, 6.07) is 12.4. The molecule has 2 aromatic rings. The first kappa shape index (κ1) is 21.3. The molecule has 1 amide bonds. The van der Waals surface area contributed by atoms with Crippen molar-refractivity contribution in [1.82, 2.24) is 4.31 Å². The first-order valence-corrected chi connectivity index (χ1v) is 10.9. The third-order valence-corrected chi connectivity index (χ3v) is 6.77. The van der Waals surface area contributed by atoms with Crippen molar-refractivity contribution in [1.29, 1.82) is 0 Å². The number of amides is 1. The summed E-state index contributed by atoms with van der Waals surface area (Å²) in [7, 11) is 0.790. The molecule has 0 unspecified atom stereocenters. The van der Waals surface area contributed by atoms with E-state index in [1.54, 1.807) is 0 Å². The van der Waals surface area contributed by atoms with Crippen molar-refractivity contribution in [2.45, 2.75) is 17.6 Å². The van der Waals surface area contributed by atoms with Gasteiger partial charge in [0.1, 0.15) is 5.75 Å². The van der Waals surface area contributed by atoms with Crippen LogP contribution in [0.4, 0.5) is 5.69 Å². The lowest BCUT2D eigenvalue weighted by atomic mass is 10.1. The lowest BCUT2D eigenvalue weighted by Crippen LogP contribution is -2.22. The summed E-state index contributed by atoms with van der Waals surface area (Å²) < 4.78 is 31.0. The van der Waals surface area contributed by atoms with Crippen molar-refractivity contribution in [2.24, 2.45) is 0 Å². The predicted molar refractivity (Wildman–Crippen MR) is 110 cm³/mol. The Morgan fingerprint density at radius 1 is 1.19 bits per heavy atom. The molecule has 0 aliphatic carbocycles. The van der Waals surface area contributed by atoms with Gasteiger partial charge < -0.3 is 10.1 Å². The molecule has 0 fully saturated rings. The molecule has 0 atom stereocenters. The Morgan fingerprint density at radius 2 is 1.89 bits per heavy atom. The summed E-state index contributed by atoms with van der Waals surface area (Å²) >= 11 is 1.50. The number of carbonyl (C=O) groups excluding carboxylic acids is 1. The fraction of sp³-hybridized carbons (Fsp3) is 0.316. The van der Waals surface area contributed by atoms with Crippen molar-refractivity contribution in [3.05, 3.63) is 53.6 Å². The number of methoxy groups -OCH3 is 1. The molecule has 0 aliphatic rings. The number of anilines is 1. The molecule has 0 saturated heterocycles. The third kappa shape index (κ3) is 5.47. The smallest absolute Gasteiger partial charge is 0.242 e. The summed E-state index contributed by atoms with van der Waals surface area (Å²) in [5, 5.41) is 2.75. The average Bonchev–Trinajstić information content (AvgIpc) is 2.63. The molecule has 146 valence electrons. The fourth-order valence-corrected chi connectivity index (χ4v) is 4.20. The van der Waals surface area contributed by atoms with Crippen LogP contribution in [-0.4, -0.2) is 45.6 Å². The van der Waals surface area contributed by atoms with Crippen LogP contribution in [0, 0.1) is 6.92 Å². The van der Waals surface area contributed by atoms with Gasteiger partial charge >= 0.3 is 0 Å². The van der Waals surface area contributed by atoms with E-state index in [-0.39, 0.29) is 16.6 Å².